The van der Waals surface area contributed by atoms with E-state index in [0.717, 1.165) is 41.8 Å². The summed E-state index contributed by atoms with van der Waals surface area (Å²) < 4.78 is 19.2. The third-order valence-corrected chi connectivity index (χ3v) is 5.72. The number of likely N-dealkylation sites (tertiary alicyclic amines) is 1. The van der Waals surface area contributed by atoms with Crippen molar-refractivity contribution in [1.82, 2.24) is 20.0 Å². The van der Waals surface area contributed by atoms with Gasteiger partial charge in [-0.15, -0.1) is 0 Å². The van der Waals surface area contributed by atoms with Gasteiger partial charge in [-0.3, -0.25) is 4.79 Å². The maximum absolute atomic E-state index is 13.6. The standard InChI is InChI=1S/C23H25FN4O2/c1-14-15(2)27-30-23(14)19-13-25-16(3)26-22(19)20-9-4-5-10-28(20)21(29)12-17-7-6-8-18(24)11-17/h6-8,11,13,20H,4-5,9-10,12H2,1-3H3. The number of halogens is 1. The summed E-state index contributed by atoms with van der Waals surface area (Å²) in [7, 11) is 0. The van der Waals surface area contributed by atoms with Crippen molar-refractivity contribution in [3.63, 3.8) is 0 Å². The Balaban J connectivity index is 1.70. The third kappa shape index (κ3) is 3.97. The van der Waals surface area contributed by atoms with Gasteiger partial charge in [0.05, 0.1) is 29.4 Å². The first kappa shape index (κ1) is 20.2. The van der Waals surface area contributed by atoms with Crippen LogP contribution in [0.3, 0.4) is 0 Å². The summed E-state index contributed by atoms with van der Waals surface area (Å²) in [4.78, 5) is 24.2. The van der Waals surface area contributed by atoms with Gasteiger partial charge in [0, 0.05) is 18.3 Å². The molecular weight excluding hydrogens is 383 g/mol. The summed E-state index contributed by atoms with van der Waals surface area (Å²) in [5.41, 5.74) is 3.99. The minimum Gasteiger partial charge on any atom is -0.356 e. The Morgan fingerprint density at radius 2 is 2.10 bits per heavy atom. The summed E-state index contributed by atoms with van der Waals surface area (Å²) in [5, 5.41) is 4.07. The zero-order valence-corrected chi connectivity index (χ0v) is 17.5. The molecule has 1 fully saturated rings. The van der Waals surface area contributed by atoms with E-state index in [9.17, 15) is 9.18 Å². The van der Waals surface area contributed by atoms with Crippen molar-refractivity contribution in [1.29, 1.82) is 0 Å². The first-order valence-corrected chi connectivity index (χ1v) is 10.2. The fourth-order valence-corrected chi connectivity index (χ4v) is 4.02. The molecule has 6 nitrogen and oxygen atoms in total. The van der Waals surface area contributed by atoms with Crippen molar-refractivity contribution in [2.75, 3.05) is 6.54 Å². The number of carbonyl (C=O) groups is 1. The van der Waals surface area contributed by atoms with Crippen LogP contribution in [0.5, 0.6) is 0 Å². The van der Waals surface area contributed by atoms with Gasteiger partial charge in [-0.25, -0.2) is 14.4 Å². The van der Waals surface area contributed by atoms with Gasteiger partial charge in [0.25, 0.3) is 0 Å². The van der Waals surface area contributed by atoms with Gasteiger partial charge in [0.1, 0.15) is 11.6 Å². The lowest BCUT2D eigenvalue weighted by atomic mass is 9.94. The van der Waals surface area contributed by atoms with Crippen LogP contribution in [0.4, 0.5) is 4.39 Å². The lowest BCUT2D eigenvalue weighted by Crippen LogP contribution is -2.40. The van der Waals surface area contributed by atoms with Crippen molar-refractivity contribution < 1.29 is 13.7 Å². The first-order valence-electron chi connectivity index (χ1n) is 10.2. The van der Waals surface area contributed by atoms with Gasteiger partial charge in [0.15, 0.2) is 5.76 Å². The van der Waals surface area contributed by atoms with E-state index in [2.05, 4.69) is 10.1 Å². The molecule has 30 heavy (non-hydrogen) atoms. The molecule has 156 valence electrons. The molecule has 1 aliphatic rings. The number of nitrogens with zero attached hydrogens (tertiary/aromatic N) is 4. The predicted octanol–water partition coefficient (Wildman–Crippen LogP) is 4.49. The largest absolute Gasteiger partial charge is 0.356 e. The fraction of sp³-hybridized carbons (Fsp3) is 0.391. The maximum atomic E-state index is 13.6. The molecule has 0 bridgehead atoms. The van der Waals surface area contributed by atoms with Crippen molar-refractivity contribution in [2.45, 2.75) is 52.5 Å². The topological polar surface area (TPSA) is 72.1 Å². The van der Waals surface area contributed by atoms with Gasteiger partial charge >= 0.3 is 0 Å². The zero-order valence-electron chi connectivity index (χ0n) is 17.5. The van der Waals surface area contributed by atoms with Crippen molar-refractivity contribution >= 4 is 5.91 Å². The minimum atomic E-state index is -0.333. The van der Waals surface area contributed by atoms with E-state index in [0.29, 0.717) is 23.7 Å². The van der Waals surface area contributed by atoms with E-state index < -0.39 is 0 Å². The summed E-state index contributed by atoms with van der Waals surface area (Å²) in [5.74, 6) is 0.926. The summed E-state index contributed by atoms with van der Waals surface area (Å²) in [6, 6.07) is 6.03. The Hall–Kier alpha value is -3.09. The molecule has 3 heterocycles. The zero-order chi connectivity index (χ0) is 21.3. The van der Waals surface area contributed by atoms with Crippen LogP contribution in [-0.4, -0.2) is 32.5 Å². The summed E-state index contributed by atoms with van der Waals surface area (Å²) >= 11 is 0. The van der Waals surface area contributed by atoms with Crippen LogP contribution < -0.4 is 0 Å². The molecule has 0 radical (unpaired) electrons. The molecule has 1 amide bonds. The normalized spacial score (nSPS) is 16.7. The molecule has 0 saturated carbocycles. The van der Waals surface area contributed by atoms with Crippen LogP contribution in [0.1, 0.15) is 53.6 Å². The van der Waals surface area contributed by atoms with Gasteiger partial charge in [-0.05, 0) is 57.7 Å². The van der Waals surface area contributed by atoms with E-state index in [1.54, 1.807) is 18.3 Å². The smallest absolute Gasteiger partial charge is 0.227 e. The highest BCUT2D eigenvalue weighted by Gasteiger charge is 2.32. The molecule has 1 aromatic carbocycles. The second-order valence-electron chi connectivity index (χ2n) is 7.84. The predicted molar refractivity (Wildman–Crippen MR) is 110 cm³/mol. The Labute approximate surface area is 175 Å². The highest BCUT2D eigenvalue weighted by atomic mass is 19.1. The minimum absolute atomic E-state index is 0.0296. The number of hydrogen-bond acceptors (Lipinski definition) is 5. The molecule has 1 aliphatic heterocycles. The van der Waals surface area contributed by atoms with E-state index in [-0.39, 0.29) is 24.2 Å². The highest BCUT2D eigenvalue weighted by molar-refractivity contribution is 5.80. The van der Waals surface area contributed by atoms with E-state index in [1.807, 2.05) is 25.7 Å². The van der Waals surface area contributed by atoms with Crippen LogP contribution in [-0.2, 0) is 11.2 Å². The van der Waals surface area contributed by atoms with Gasteiger partial charge in [-0.2, -0.15) is 0 Å². The lowest BCUT2D eigenvalue weighted by molar-refractivity contribution is -0.134. The molecular formula is C23H25FN4O2. The second-order valence-corrected chi connectivity index (χ2v) is 7.84. The number of benzene rings is 1. The number of rotatable bonds is 4. The van der Waals surface area contributed by atoms with Crippen LogP contribution in [0.25, 0.3) is 11.3 Å². The maximum Gasteiger partial charge on any atom is 0.227 e. The van der Waals surface area contributed by atoms with Crippen LogP contribution in [0.2, 0.25) is 0 Å². The molecule has 1 saturated heterocycles. The molecule has 0 spiro atoms. The molecule has 2 aromatic heterocycles. The number of piperidine rings is 1. The van der Waals surface area contributed by atoms with Gasteiger partial charge < -0.3 is 9.42 Å². The van der Waals surface area contributed by atoms with Gasteiger partial charge in [-0.1, -0.05) is 17.3 Å². The summed E-state index contributed by atoms with van der Waals surface area (Å²) in [6.07, 6.45) is 4.67. The average Bonchev–Trinajstić information content (AvgIpc) is 3.06. The van der Waals surface area contributed by atoms with Gasteiger partial charge in [0.2, 0.25) is 5.91 Å². The molecule has 3 aromatic rings. The van der Waals surface area contributed by atoms with Crippen LogP contribution in [0.15, 0.2) is 35.0 Å². The Morgan fingerprint density at radius 1 is 1.27 bits per heavy atom. The van der Waals surface area contributed by atoms with E-state index >= 15 is 0 Å². The number of amides is 1. The second kappa shape index (κ2) is 8.34. The molecule has 0 N–H and O–H groups in total. The number of aryl methyl sites for hydroxylation is 2. The molecule has 1 atom stereocenters. The van der Waals surface area contributed by atoms with Crippen LogP contribution in [0, 0.1) is 26.6 Å². The Morgan fingerprint density at radius 3 is 2.83 bits per heavy atom. The monoisotopic (exact) mass is 408 g/mol. The first-order chi connectivity index (χ1) is 14.4. The Bertz CT molecular complexity index is 1080. The molecule has 0 aliphatic carbocycles. The number of aromatic nitrogens is 3. The highest BCUT2D eigenvalue weighted by Crippen LogP contribution is 2.37. The quantitative estimate of drug-likeness (QED) is 0.636. The SMILES string of the molecule is Cc1ncc(-c2onc(C)c2C)c(C2CCCCN2C(=O)Cc2cccc(F)c2)n1. The van der Waals surface area contributed by atoms with E-state index in [1.165, 1.54) is 12.1 Å². The molecule has 4 rings (SSSR count). The Kier molecular flexibility index (Phi) is 5.61. The van der Waals surface area contributed by atoms with Crippen molar-refractivity contribution in [2.24, 2.45) is 0 Å². The molecule has 7 heteroatoms. The average molecular weight is 408 g/mol. The fourth-order valence-electron chi connectivity index (χ4n) is 4.02. The summed E-state index contributed by atoms with van der Waals surface area (Å²) in [6.45, 7) is 6.34. The van der Waals surface area contributed by atoms with Crippen molar-refractivity contribution in [3.05, 3.63) is 64.6 Å². The number of hydrogen-bond donors (Lipinski definition) is 0. The molecule has 1 unspecified atom stereocenters. The van der Waals surface area contributed by atoms with Crippen LogP contribution >= 0.6 is 0 Å². The van der Waals surface area contributed by atoms with E-state index in [4.69, 9.17) is 9.51 Å². The van der Waals surface area contributed by atoms with Crippen molar-refractivity contribution in [3.8, 4) is 11.3 Å². The lowest BCUT2D eigenvalue weighted by Gasteiger charge is -2.36. The third-order valence-electron chi connectivity index (χ3n) is 5.72. The number of carbonyl (C=O) groups excluding carboxylic acids is 1.